The van der Waals surface area contributed by atoms with Gasteiger partial charge in [0.2, 0.25) is 0 Å². The molecule has 1 heterocycles. The summed E-state index contributed by atoms with van der Waals surface area (Å²) in [4.78, 5) is 12.7. The first-order chi connectivity index (χ1) is 7.24. The second kappa shape index (κ2) is 3.50. The number of amides is 1. The molecule has 1 aromatic carbocycles. The second-order valence-electron chi connectivity index (χ2n) is 3.26. The van der Waals surface area contributed by atoms with E-state index in [-0.39, 0.29) is 0 Å². The molecule has 1 aromatic rings. The summed E-state index contributed by atoms with van der Waals surface area (Å²) in [5.41, 5.74) is 6.91. The highest BCUT2D eigenvalue weighted by Crippen LogP contribution is 2.31. The lowest BCUT2D eigenvalue weighted by molar-refractivity contribution is -0.118. The molecular weight excluding hydrogens is 192 g/mol. The van der Waals surface area contributed by atoms with Crippen molar-refractivity contribution in [2.24, 2.45) is 5.73 Å². The first kappa shape index (κ1) is 9.34. The summed E-state index contributed by atoms with van der Waals surface area (Å²) in [6.45, 7) is 0.431. The third kappa shape index (κ3) is 1.46. The predicted molar refractivity (Wildman–Crippen MR) is 56.0 cm³/mol. The molecule has 3 N–H and O–H groups in total. The van der Waals surface area contributed by atoms with Gasteiger partial charge in [-0.15, -0.1) is 0 Å². The van der Waals surface area contributed by atoms with Gasteiger partial charge in [-0.1, -0.05) is 12.1 Å². The molecule has 1 atom stereocenters. The molecular formula is C10H10N4O. The molecule has 1 unspecified atom stereocenters. The molecule has 1 aliphatic heterocycles. The number of para-hydroxylation sites is 2. The number of anilines is 2. The van der Waals surface area contributed by atoms with Gasteiger partial charge >= 0.3 is 0 Å². The van der Waals surface area contributed by atoms with Gasteiger partial charge in [-0.3, -0.25) is 4.79 Å². The predicted octanol–water partition coefficient (Wildman–Crippen LogP) is 0.253. The summed E-state index contributed by atoms with van der Waals surface area (Å²) in [6, 6.07) is 8.47. The molecule has 5 nitrogen and oxygen atoms in total. The third-order valence-electron chi connectivity index (χ3n) is 2.36. The number of carbonyl (C=O) groups is 1. The van der Waals surface area contributed by atoms with E-state index in [1.54, 1.807) is 4.90 Å². The van der Waals surface area contributed by atoms with Crippen molar-refractivity contribution in [3.05, 3.63) is 24.3 Å². The van der Waals surface area contributed by atoms with Gasteiger partial charge in [-0.25, -0.2) is 0 Å². The van der Waals surface area contributed by atoms with Crippen LogP contribution in [-0.2, 0) is 4.79 Å². The normalized spacial score (nSPS) is 15.0. The number of hydrogen-bond acceptors (Lipinski definition) is 4. The number of carbonyl (C=O) groups excluding carboxylic acids is 1. The van der Waals surface area contributed by atoms with Crippen LogP contribution < -0.4 is 16.0 Å². The lowest BCUT2D eigenvalue weighted by Crippen LogP contribution is -2.43. The quantitative estimate of drug-likeness (QED) is 0.720. The average molecular weight is 202 g/mol. The zero-order valence-electron chi connectivity index (χ0n) is 7.97. The highest BCUT2D eigenvalue weighted by atomic mass is 16.1. The number of primary amides is 1. The van der Waals surface area contributed by atoms with Crippen molar-refractivity contribution in [2.45, 2.75) is 6.04 Å². The molecule has 0 aromatic heterocycles. The van der Waals surface area contributed by atoms with Crippen molar-refractivity contribution >= 4 is 17.3 Å². The number of nitriles is 1. The first-order valence-corrected chi connectivity index (χ1v) is 4.52. The average Bonchev–Trinajstić information content (AvgIpc) is 2.63. The van der Waals surface area contributed by atoms with Gasteiger partial charge in [0.05, 0.1) is 24.1 Å². The SMILES string of the molecule is N#CC(C(N)=O)N1CNc2ccccc21. The van der Waals surface area contributed by atoms with E-state index in [0.717, 1.165) is 11.4 Å². The lowest BCUT2D eigenvalue weighted by Gasteiger charge is -2.20. The number of rotatable bonds is 2. The van der Waals surface area contributed by atoms with Gasteiger partial charge < -0.3 is 16.0 Å². The molecule has 1 aliphatic rings. The molecule has 0 fully saturated rings. The summed E-state index contributed by atoms with van der Waals surface area (Å²) >= 11 is 0. The smallest absolute Gasteiger partial charge is 0.255 e. The number of benzene rings is 1. The Labute approximate surface area is 87.1 Å². The summed E-state index contributed by atoms with van der Waals surface area (Å²) < 4.78 is 0. The fraction of sp³-hybridized carbons (Fsp3) is 0.200. The maximum absolute atomic E-state index is 11.1. The van der Waals surface area contributed by atoms with Crippen molar-refractivity contribution in [1.29, 1.82) is 5.26 Å². The Kier molecular flexibility index (Phi) is 2.18. The van der Waals surface area contributed by atoms with Gasteiger partial charge in [0.15, 0.2) is 6.04 Å². The van der Waals surface area contributed by atoms with Crippen LogP contribution in [0.15, 0.2) is 24.3 Å². The largest absolute Gasteiger partial charge is 0.367 e. The van der Waals surface area contributed by atoms with Gasteiger partial charge in [-0.2, -0.15) is 5.26 Å². The van der Waals surface area contributed by atoms with E-state index in [0.29, 0.717) is 6.67 Å². The van der Waals surface area contributed by atoms with Crippen molar-refractivity contribution in [2.75, 3.05) is 16.9 Å². The second-order valence-corrected chi connectivity index (χ2v) is 3.26. The Bertz CT molecular complexity index is 437. The molecule has 0 aliphatic carbocycles. The molecule has 5 heteroatoms. The van der Waals surface area contributed by atoms with Crippen LogP contribution in [0, 0.1) is 11.3 Å². The van der Waals surface area contributed by atoms with E-state index < -0.39 is 11.9 Å². The van der Waals surface area contributed by atoms with Crippen LogP contribution in [0.5, 0.6) is 0 Å². The molecule has 76 valence electrons. The maximum Gasteiger partial charge on any atom is 0.255 e. The standard InChI is InChI=1S/C10H10N4O/c11-5-9(10(12)15)14-6-13-7-3-1-2-4-8(7)14/h1-4,9,13H,6H2,(H2,12,15). The van der Waals surface area contributed by atoms with Crippen LogP contribution in [-0.4, -0.2) is 18.6 Å². The zero-order valence-corrected chi connectivity index (χ0v) is 7.97. The lowest BCUT2D eigenvalue weighted by atomic mass is 10.2. The Morgan fingerprint density at radius 1 is 1.60 bits per heavy atom. The minimum absolute atomic E-state index is 0.431. The van der Waals surface area contributed by atoms with Crippen LogP contribution in [0.2, 0.25) is 0 Å². The zero-order chi connectivity index (χ0) is 10.8. The van der Waals surface area contributed by atoms with Crippen molar-refractivity contribution < 1.29 is 4.79 Å². The molecule has 0 saturated heterocycles. The molecule has 0 bridgehead atoms. The van der Waals surface area contributed by atoms with E-state index in [9.17, 15) is 4.79 Å². The van der Waals surface area contributed by atoms with Gasteiger partial charge in [-0.05, 0) is 12.1 Å². The van der Waals surface area contributed by atoms with E-state index in [1.807, 2.05) is 30.3 Å². The number of nitrogens with zero attached hydrogens (tertiary/aromatic N) is 2. The third-order valence-corrected chi connectivity index (χ3v) is 2.36. The Morgan fingerprint density at radius 2 is 2.33 bits per heavy atom. The highest BCUT2D eigenvalue weighted by molar-refractivity contribution is 5.89. The summed E-state index contributed by atoms with van der Waals surface area (Å²) in [5, 5.41) is 11.9. The van der Waals surface area contributed by atoms with E-state index in [4.69, 9.17) is 11.0 Å². The van der Waals surface area contributed by atoms with Crippen LogP contribution in [0.4, 0.5) is 11.4 Å². The molecule has 15 heavy (non-hydrogen) atoms. The van der Waals surface area contributed by atoms with Crippen LogP contribution >= 0.6 is 0 Å². The summed E-state index contributed by atoms with van der Waals surface area (Å²) in [6.07, 6.45) is 0. The topological polar surface area (TPSA) is 82.1 Å². The minimum Gasteiger partial charge on any atom is -0.367 e. The fourth-order valence-corrected chi connectivity index (χ4v) is 1.65. The Hall–Kier alpha value is -2.22. The highest BCUT2D eigenvalue weighted by Gasteiger charge is 2.28. The van der Waals surface area contributed by atoms with Gasteiger partial charge in [0, 0.05) is 0 Å². The van der Waals surface area contributed by atoms with Crippen LogP contribution in [0.1, 0.15) is 0 Å². The summed E-state index contributed by atoms with van der Waals surface area (Å²) in [5.74, 6) is -0.629. The van der Waals surface area contributed by atoms with Crippen molar-refractivity contribution in [3.8, 4) is 6.07 Å². The van der Waals surface area contributed by atoms with E-state index in [1.165, 1.54) is 0 Å². The number of nitrogens with two attached hydrogens (primary N) is 1. The molecule has 2 rings (SSSR count). The molecule has 0 radical (unpaired) electrons. The van der Waals surface area contributed by atoms with E-state index >= 15 is 0 Å². The monoisotopic (exact) mass is 202 g/mol. The van der Waals surface area contributed by atoms with Gasteiger partial charge in [0.25, 0.3) is 5.91 Å². The number of nitrogens with one attached hydrogen (secondary N) is 1. The van der Waals surface area contributed by atoms with Crippen molar-refractivity contribution in [1.82, 2.24) is 0 Å². The number of hydrogen-bond donors (Lipinski definition) is 2. The maximum atomic E-state index is 11.1. The molecule has 0 saturated carbocycles. The van der Waals surface area contributed by atoms with E-state index in [2.05, 4.69) is 5.32 Å². The Balaban J connectivity index is 2.35. The van der Waals surface area contributed by atoms with Crippen LogP contribution in [0.3, 0.4) is 0 Å². The summed E-state index contributed by atoms with van der Waals surface area (Å²) in [7, 11) is 0. The number of fused-ring (bicyclic) bond motifs is 1. The Morgan fingerprint density at radius 3 is 3.00 bits per heavy atom. The minimum atomic E-state index is -0.916. The van der Waals surface area contributed by atoms with Gasteiger partial charge in [0.1, 0.15) is 0 Å². The van der Waals surface area contributed by atoms with Crippen LogP contribution in [0.25, 0.3) is 0 Å². The van der Waals surface area contributed by atoms with Crippen molar-refractivity contribution in [3.63, 3.8) is 0 Å². The molecule has 0 spiro atoms. The fourth-order valence-electron chi connectivity index (χ4n) is 1.65. The first-order valence-electron chi connectivity index (χ1n) is 4.52. The molecule has 1 amide bonds.